The lowest BCUT2D eigenvalue weighted by Crippen LogP contribution is -2.64. The van der Waals surface area contributed by atoms with Gasteiger partial charge in [0.05, 0.1) is 13.2 Å². The van der Waals surface area contributed by atoms with Crippen molar-refractivity contribution >= 4 is 13.8 Å². The van der Waals surface area contributed by atoms with E-state index in [1.54, 1.807) is 0 Å². The van der Waals surface area contributed by atoms with Crippen molar-refractivity contribution in [2.75, 3.05) is 19.8 Å². The molecular formula is C48H79O12P. The van der Waals surface area contributed by atoms with Gasteiger partial charge in [-0.1, -0.05) is 143 Å². The van der Waals surface area contributed by atoms with Crippen LogP contribution in [0.1, 0.15) is 136 Å². The normalized spacial score (nSPS) is 23.1. The first-order valence-corrected chi connectivity index (χ1v) is 24.1. The van der Waals surface area contributed by atoms with Crippen molar-refractivity contribution in [1.29, 1.82) is 0 Å². The number of carbonyl (C=O) groups excluding carboxylic acids is 1. The molecule has 1 aliphatic rings. The molecule has 1 aliphatic carbocycles. The van der Waals surface area contributed by atoms with E-state index >= 15 is 0 Å². The van der Waals surface area contributed by atoms with Crippen LogP contribution >= 0.6 is 7.82 Å². The third kappa shape index (κ3) is 30.1. The number of aliphatic hydroxyl groups is 5. The molecule has 12 nitrogen and oxygen atoms in total. The molecule has 0 bridgehead atoms. The highest BCUT2D eigenvalue weighted by Gasteiger charge is 2.51. The fourth-order valence-electron chi connectivity index (χ4n) is 6.09. The third-order valence-electron chi connectivity index (χ3n) is 9.69. The minimum Gasteiger partial charge on any atom is -0.457 e. The highest BCUT2D eigenvalue weighted by molar-refractivity contribution is 7.47. The molecule has 0 spiro atoms. The maximum atomic E-state index is 12.8. The van der Waals surface area contributed by atoms with Crippen molar-refractivity contribution in [2.24, 2.45) is 0 Å². The topological polar surface area (TPSA) is 192 Å². The van der Waals surface area contributed by atoms with Gasteiger partial charge in [0.15, 0.2) is 0 Å². The number of phosphoric ester groups is 1. The van der Waals surface area contributed by atoms with Crippen LogP contribution in [0.5, 0.6) is 0 Å². The number of unbranched alkanes of at least 4 members (excludes halogenated alkanes) is 8. The largest absolute Gasteiger partial charge is 0.472 e. The predicted octanol–water partition coefficient (Wildman–Crippen LogP) is 9.14. The average Bonchev–Trinajstić information content (AvgIpc) is 3.24. The summed E-state index contributed by atoms with van der Waals surface area (Å²) in [6.45, 7) is 3.91. The Bertz CT molecular complexity index is 1370. The van der Waals surface area contributed by atoms with E-state index in [-0.39, 0.29) is 13.0 Å². The Morgan fingerprint density at radius 2 is 0.967 bits per heavy atom. The number of hydrogen-bond donors (Lipinski definition) is 6. The number of carbonyl (C=O) groups is 1. The Balaban J connectivity index is 2.47. The van der Waals surface area contributed by atoms with Gasteiger partial charge in [-0.25, -0.2) is 4.57 Å². The molecule has 0 radical (unpaired) electrons. The van der Waals surface area contributed by atoms with E-state index < -0.39 is 63.1 Å². The highest BCUT2D eigenvalue weighted by Crippen LogP contribution is 2.47. The van der Waals surface area contributed by atoms with Gasteiger partial charge in [-0.3, -0.25) is 13.8 Å². The average molecular weight is 879 g/mol. The molecule has 0 aromatic rings. The fraction of sp³-hybridized carbons (Fsp3) is 0.646. The Morgan fingerprint density at radius 3 is 1.48 bits per heavy atom. The molecule has 1 rings (SSSR count). The van der Waals surface area contributed by atoms with Gasteiger partial charge in [0.25, 0.3) is 0 Å². The lowest BCUT2D eigenvalue weighted by molar-refractivity contribution is -0.220. The van der Waals surface area contributed by atoms with Crippen molar-refractivity contribution in [3.63, 3.8) is 0 Å². The van der Waals surface area contributed by atoms with Crippen LogP contribution < -0.4 is 0 Å². The maximum absolute atomic E-state index is 12.8. The Labute approximate surface area is 366 Å². The summed E-state index contributed by atoms with van der Waals surface area (Å²) in [6.07, 6.45) is 39.1. The molecule has 6 N–H and O–H groups in total. The molecule has 348 valence electrons. The summed E-state index contributed by atoms with van der Waals surface area (Å²) in [5.41, 5.74) is 0. The number of esters is 1. The van der Waals surface area contributed by atoms with Gasteiger partial charge in [0, 0.05) is 13.0 Å². The summed E-state index contributed by atoms with van der Waals surface area (Å²) in [5, 5.41) is 50.1. The molecule has 6 unspecified atom stereocenters. The molecule has 1 saturated carbocycles. The number of allylic oxidation sites excluding steroid dienone is 16. The molecule has 0 heterocycles. The van der Waals surface area contributed by atoms with Gasteiger partial charge in [0.2, 0.25) is 0 Å². The standard InChI is InChI=1S/C48H79O12P/c1-3-5-7-9-11-13-15-17-19-20-21-22-23-24-26-28-30-32-34-36-38-57-39-41(40-58-61(55,56)60-48-46(53)44(51)43(50)45(52)47(48)54)59-42(49)37-35-33-31-29-27-25-18-16-14-12-10-8-6-4-2/h5,7,10-13,16-19,21-22,24,26,30,32,41,43-48,50-54H,3-4,6,8-9,14-15,20,23,25,27-29,31,33-40H2,1-2H3,(H,55,56)/b7-5-,12-10-,13-11-,18-16-,19-17-,22-21-,26-24-,32-30-. The zero-order valence-corrected chi connectivity index (χ0v) is 37.8. The SMILES string of the molecule is CC/C=C\C/C=C\C/C=C\C/C=C\C/C=C\C/C=C\CCCOCC(COP(=O)(O)OC1C(O)C(O)C(O)C(O)C1O)OC(=O)CCCCCCC/C=C\C/C=C\CCCC. The van der Waals surface area contributed by atoms with E-state index in [0.717, 1.165) is 89.9 Å². The molecule has 0 aromatic carbocycles. The zero-order valence-electron chi connectivity index (χ0n) is 36.9. The van der Waals surface area contributed by atoms with Crippen LogP contribution in [0.15, 0.2) is 97.2 Å². The third-order valence-corrected chi connectivity index (χ3v) is 10.7. The number of phosphoric acid groups is 1. The lowest BCUT2D eigenvalue weighted by Gasteiger charge is -2.41. The number of ether oxygens (including phenoxy) is 2. The molecule has 13 heteroatoms. The van der Waals surface area contributed by atoms with Gasteiger partial charge in [0.1, 0.15) is 42.7 Å². The molecule has 0 aliphatic heterocycles. The molecular weight excluding hydrogens is 799 g/mol. The highest BCUT2D eigenvalue weighted by atomic mass is 31.2. The quantitative estimate of drug-likeness (QED) is 0.0152. The fourth-order valence-corrected chi connectivity index (χ4v) is 7.06. The van der Waals surface area contributed by atoms with Crippen LogP contribution in [0.4, 0.5) is 0 Å². The second-order valence-electron chi connectivity index (χ2n) is 15.2. The van der Waals surface area contributed by atoms with Crippen LogP contribution in [0.2, 0.25) is 0 Å². The van der Waals surface area contributed by atoms with E-state index in [1.807, 2.05) is 0 Å². The van der Waals surface area contributed by atoms with Crippen LogP contribution in [0.3, 0.4) is 0 Å². The molecule has 0 amide bonds. The molecule has 6 atom stereocenters. The van der Waals surface area contributed by atoms with E-state index in [9.17, 15) is 39.8 Å². The Morgan fingerprint density at radius 1 is 0.541 bits per heavy atom. The lowest BCUT2D eigenvalue weighted by atomic mass is 9.85. The van der Waals surface area contributed by atoms with Crippen molar-refractivity contribution < 1.29 is 58.3 Å². The van der Waals surface area contributed by atoms with E-state index in [1.165, 1.54) is 12.8 Å². The summed E-state index contributed by atoms with van der Waals surface area (Å²) in [6, 6.07) is 0. The zero-order chi connectivity index (χ0) is 44.8. The van der Waals surface area contributed by atoms with Crippen LogP contribution in [-0.4, -0.2) is 98.9 Å². The smallest absolute Gasteiger partial charge is 0.457 e. The predicted molar refractivity (Wildman–Crippen MR) is 244 cm³/mol. The van der Waals surface area contributed by atoms with Crippen molar-refractivity contribution in [3.05, 3.63) is 97.2 Å². The van der Waals surface area contributed by atoms with Gasteiger partial charge < -0.3 is 39.9 Å². The van der Waals surface area contributed by atoms with Gasteiger partial charge in [-0.15, -0.1) is 0 Å². The van der Waals surface area contributed by atoms with Crippen LogP contribution in [0, 0.1) is 0 Å². The summed E-state index contributed by atoms with van der Waals surface area (Å²) in [7, 11) is -5.04. The number of aliphatic hydroxyl groups excluding tert-OH is 5. The summed E-state index contributed by atoms with van der Waals surface area (Å²) in [5.74, 6) is -0.517. The minimum absolute atomic E-state index is 0.129. The second kappa shape index (κ2) is 37.8. The van der Waals surface area contributed by atoms with Gasteiger partial charge in [-0.2, -0.15) is 0 Å². The Hall–Kier alpha value is -2.74. The summed E-state index contributed by atoms with van der Waals surface area (Å²) in [4.78, 5) is 23.1. The molecule has 61 heavy (non-hydrogen) atoms. The Kier molecular flexibility index (Phi) is 34.9. The summed E-state index contributed by atoms with van der Waals surface area (Å²) < 4.78 is 34.1. The van der Waals surface area contributed by atoms with E-state index in [0.29, 0.717) is 19.4 Å². The van der Waals surface area contributed by atoms with Crippen LogP contribution in [0.25, 0.3) is 0 Å². The van der Waals surface area contributed by atoms with E-state index in [4.69, 9.17) is 18.5 Å². The van der Waals surface area contributed by atoms with Crippen LogP contribution in [-0.2, 0) is 27.9 Å². The second-order valence-corrected chi connectivity index (χ2v) is 16.6. The molecule has 0 saturated heterocycles. The van der Waals surface area contributed by atoms with Gasteiger partial charge >= 0.3 is 13.8 Å². The van der Waals surface area contributed by atoms with Crippen molar-refractivity contribution in [2.45, 2.75) is 179 Å². The number of hydrogen-bond acceptors (Lipinski definition) is 11. The van der Waals surface area contributed by atoms with Gasteiger partial charge in [-0.05, 0) is 83.5 Å². The molecule has 0 aromatic heterocycles. The number of rotatable bonds is 36. The van der Waals surface area contributed by atoms with Crippen molar-refractivity contribution in [1.82, 2.24) is 0 Å². The summed E-state index contributed by atoms with van der Waals surface area (Å²) >= 11 is 0. The van der Waals surface area contributed by atoms with E-state index in [2.05, 4.69) is 111 Å². The minimum atomic E-state index is -5.04. The first-order chi connectivity index (χ1) is 29.5. The maximum Gasteiger partial charge on any atom is 0.472 e. The first kappa shape index (κ1) is 56.3. The monoisotopic (exact) mass is 879 g/mol. The molecule has 1 fully saturated rings. The first-order valence-electron chi connectivity index (χ1n) is 22.6. The van der Waals surface area contributed by atoms with Crippen molar-refractivity contribution in [3.8, 4) is 0 Å².